The van der Waals surface area contributed by atoms with Gasteiger partial charge in [0.1, 0.15) is 0 Å². The van der Waals surface area contributed by atoms with Crippen LogP contribution in [-0.4, -0.2) is 42.5 Å². The van der Waals surface area contributed by atoms with Gasteiger partial charge in [0, 0.05) is 39.1 Å². The van der Waals surface area contributed by atoms with E-state index in [0.29, 0.717) is 0 Å². The Kier molecular flexibility index (Phi) is 5.39. The zero-order valence-electron chi connectivity index (χ0n) is 12.8. The lowest BCUT2D eigenvalue weighted by Gasteiger charge is -2.37. The fourth-order valence-electron chi connectivity index (χ4n) is 3.03. The molecule has 1 N–H and O–H groups in total. The first-order valence-electron chi connectivity index (χ1n) is 7.53. The van der Waals surface area contributed by atoms with Crippen molar-refractivity contribution in [1.29, 1.82) is 0 Å². The van der Waals surface area contributed by atoms with Crippen molar-refractivity contribution in [3.05, 3.63) is 30.1 Å². The molecule has 1 aromatic heterocycles. The number of aromatic nitrogens is 1. The van der Waals surface area contributed by atoms with E-state index in [1.807, 2.05) is 25.5 Å². The van der Waals surface area contributed by atoms with Gasteiger partial charge in [-0.25, -0.2) is 0 Å². The van der Waals surface area contributed by atoms with Gasteiger partial charge in [-0.2, -0.15) is 0 Å². The lowest BCUT2D eigenvalue weighted by molar-refractivity contribution is 0.208. The summed E-state index contributed by atoms with van der Waals surface area (Å²) in [4.78, 5) is 11.0. The molecule has 2 unspecified atom stereocenters. The van der Waals surface area contributed by atoms with Gasteiger partial charge in [0.25, 0.3) is 0 Å². The Morgan fingerprint density at radius 1 is 1.40 bits per heavy atom. The van der Waals surface area contributed by atoms with Crippen molar-refractivity contribution < 1.29 is 0 Å². The molecule has 0 saturated carbocycles. The van der Waals surface area contributed by atoms with Gasteiger partial charge >= 0.3 is 0 Å². The SMILES string of the molecule is CN=C(NCCc1cccnc1)N1CC(C)CC(C)C1. The minimum Gasteiger partial charge on any atom is -0.356 e. The maximum Gasteiger partial charge on any atom is 0.193 e. The van der Waals surface area contributed by atoms with Gasteiger partial charge in [0.2, 0.25) is 0 Å². The first-order chi connectivity index (χ1) is 9.69. The summed E-state index contributed by atoms with van der Waals surface area (Å²) in [6, 6.07) is 4.10. The van der Waals surface area contributed by atoms with Crippen LogP contribution >= 0.6 is 0 Å². The Balaban J connectivity index is 1.83. The fourth-order valence-corrected chi connectivity index (χ4v) is 3.03. The van der Waals surface area contributed by atoms with Gasteiger partial charge in [0.05, 0.1) is 0 Å². The quantitative estimate of drug-likeness (QED) is 0.678. The first kappa shape index (κ1) is 14.8. The smallest absolute Gasteiger partial charge is 0.193 e. The Morgan fingerprint density at radius 3 is 2.75 bits per heavy atom. The maximum absolute atomic E-state index is 4.43. The molecule has 2 heterocycles. The number of rotatable bonds is 3. The molecular formula is C16H26N4. The van der Waals surface area contributed by atoms with Crippen LogP contribution in [0.3, 0.4) is 0 Å². The van der Waals surface area contributed by atoms with Crippen molar-refractivity contribution in [2.75, 3.05) is 26.7 Å². The van der Waals surface area contributed by atoms with E-state index in [4.69, 9.17) is 0 Å². The monoisotopic (exact) mass is 274 g/mol. The van der Waals surface area contributed by atoms with Crippen LogP contribution in [0.2, 0.25) is 0 Å². The number of guanidine groups is 1. The zero-order chi connectivity index (χ0) is 14.4. The normalized spacial score (nSPS) is 23.8. The molecule has 20 heavy (non-hydrogen) atoms. The van der Waals surface area contributed by atoms with Crippen molar-refractivity contribution in [3.8, 4) is 0 Å². The van der Waals surface area contributed by atoms with Crippen LogP contribution in [0, 0.1) is 11.8 Å². The second-order valence-electron chi connectivity index (χ2n) is 5.94. The number of likely N-dealkylation sites (tertiary alicyclic amines) is 1. The third kappa shape index (κ3) is 4.22. The van der Waals surface area contributed by atoms with Crippen LogP contribution in [0.15, 0.2) is 29.5 Å². The molecule has 4 nitrogen and oxygen atoms in total. The summed E-state index contributed by atoms with van der Waals surface area (Å²) in [6.45, 7) is 7.77. The highest BCUT2D eigenvalue weighted by Crippen LogP contribution is 2.20. The summed E-state index contributed by atoms with van der Waals surface area (Å²) >= 11 is 0. The van der Waals surface area contributed by atoms with Gasteiger partial charge in [-0.15, -0.1) is 0 Å². The van der Waals surface area contributed by atoms with Crippen molar-refractivity contribution >= 4 is 5.96 Å². The number of hydrogen-bond donors (Lipinski definition) is 1. The predicted octanol–water partition coefficient (Wildman–Crippen LogP) is 2.18. The third-order valence-electron chi connectivity index (χ3n) is 3.80. The van der Waals surface area contributed by atoms with E-state index in [0.717, 1.165) is 43.9 Å². The summed E-state index contributed by atoms with van der Waals surface area (Å²) in [5, 5.41) is 3.48. The third-order valence-corrected chi connectivity index (χ3v) is 3.80. The van der Waals surface area contributed by atoms with E-state index < -0.39 is 0 Å². The lowest BCUT2D eigenvalue weighted by Crippen LogP contribution is -2.48. The summed E-state index contributed by atoms with van der Waals surface area (Å²) in [5.74, 6) is 2.53. The lowest BCUT2D eigenvalue weighted by atomic mass is 9.92. The number of pyridine rings is 1. The molecule has 1 fully saturated rings. The van der Waals surface area contributed by atoms with Crippen LogP contribution in [0.4, 0.5) is 0 Å². The molecule has 0 spiro atoms. The molecule has 0 radical (unpaired) electrons. The molecule has 1 aliphatic rings. The Labute approximate surface area is 122 Å². The largest absolute Gasteiger partial charge is 0.356 e. The van der Waals surface area contributed by atoms with Gasteiger partial charge < -0.3 is 10.2 Å². The average molecular weight is 274 g/mol. The first-order valence-corrected chi connectivity index (χ1v) is 7.53. The summed E-state index contributed by atoms with van der Waals surface area (Å²) < 4.78 is 0. The minimum atomic E-state index is 0.746. The Morgan fingerprint density at radius 2 is 2.15 bits per heavy atom. The highest BCUT2D eigenvalue weighted by molar-refractivity contribution is 5.80. The van der Waals surface area contributed by atoms with E-state index in [1.54, 1.807) is 0 Å². The Bertz CT molecular complexity index is 419. The molecule has 4 heteroatoms. The van der Waals surface area contributed by atoms with E-state index in [1.165, 1.54) is 12.0 Å². The molecule has 1 aromatic rings. The molecule has 0 aliphatic carbocycles. The van der Waals surface area contributed by atoms with Crippen LogP contribution in [0.1, 0.15) is 25.8 Å². The van der Waals surface area contributed by atoms with E-state index in [2.05, 4.69) is 40.1 Å². The van der Waals surface area contributed by atoms with Gasteiger partial charge in [-0.3, -0.25) is 9.98 Å². The summed E-state index contributed by atoms with van der Waals surface area (Å²) in [6.07, 6.45) is 6.04. The predicted molar refractivity (Wildman–Crippen MR) is 83.8 cm³/mol. The molecular weight excluding hydrogens is 248 g/mol. The van der Waals surface area contributed by atoms with Crippen molar-refractivity contribution in [1.82, 2.24) is 15.2 Å². The van der Waals surface area contributed by atoms with Crippen molar-refractivity contribution in [2.24, 2.45) is 16.8 Å². The number of nitrogens with one attached hydrogen (secondary N) is 1. The highest BCUT2D eigenvalue weighted by atomic mass is 15.3. The van der Waals surface area contributed by atoms with Gasteiger partial charge in [0.15, 0.2) is 5.96 Å². The molecule has 110 valence electrons. The number of piperidine rings is 1. The molecule has 0 aromatic carbocycles. The second kappa shape index (κ2) is 7.27. The van der Waals surface area contributed by atoms with E-state index >= 15 is 0 Å². The standard InChI is InChI=1S/C16H26N4/c1-13-9-14(2)12-20(11-13)16(17-3)19-8-6-15-5-4-7-18-10-15/h4-5,7,10,13-14H,6,8-9,11-12H2,1-3H3,(H,17,19). The molecule has 1 aliphatic heterocycles. The van der Waals surface area contributed by atoms with Gasteiger partial charge in [-0.1, -0.05) is 19.9 Å². The summed E-state index contributed by atoms with van der Waals surface area (Å²) in [5.41, 5.74) is 1.26. The fraction of sp³-hybridized carbons (Fsp3) is 0.625. The number of nitrogens with zero attached hydrogens (tertiary/aromatic N) is 3. The topological polar surface area (TPSA) is 40.5 Å². The maximum atomic E-state index is 4.43. The van der Waals surface area contributed by atoms with Gasteiger partial charge in [-0.05, 0) is 36.3 Å². The molecule has 2 rings (SSSR count). The van der Waals surface area contributed by atoms with Crippen molar-refractivity contribution in [3.63, 3.8) is 0 Å². The highest BCUT2D eigenvalue weighted by Gasteiger charge is 2.23. The molecule has 0 bridgehead atoms. The van der Waals surface area contributed by atoms with Crippen LogP contribution < -0.4 is 5.32 Å². The van der Waals surface area contributed by atoms with Crippen LogP contribution in [0.25, 0.3) is 0 Å². The van der Waals surface area contributed by atoms with Crippen LogP contribution in [-0.2, 0) is 6.42 Å². The molecule has 0 amide bonds. The number of hydrogen-bond acceptors (Lipinski definition) is 2. The molecule has 2 atom stereocenters. The van der Waals surface area contributed by atoms with Crippen LogP contribution in [0.5, 0.6) is 0 Å². The summed E-state index contributed by atoms with van der Waals surface area (Å²) in [7, 11) is 1.87. The van der Waals surface area contributed by atoms with Crippen molar-refractivity contribution in [2.45, 2.75) is 26.7 Å². The number of aliphatic imine (C=N–C) groups is 1. The zero-order valence-corrected chi connectivity index (χ0v) is 12.8. The second-order valence-corrected chi connectivity index (χ2v) is 5.94. The minimum absolute atomic E-state index is 0.746. The van der Waals surface area contributed by atoms with E-state index in [9.17, 15) is 0 Å². The molecule has 1 saturated heterocycles. The Hall–Kier alpha value is -1.58. The average Bonchev–Trinajstić information content (AvgIpc) is 2.43. The van der Waals surface area contributed by atoms with E-state index in [-0.39, 0.29) is 0 Å².